The van der Waals surface area contributed by atoms with Crippen LogP contribution >= 0.6 is 0 Å². The van der Waals surface area contributed by atoms with E-state index >= 15 is 0 Å². The third kappa shape index (κ3) is 3.13. The van der Waals surface area contributed by atoms with Crippen LogP contribution in [-0.2, 0) is 4.79 Å². The van der Waals surface area contributed by atoms with E-state index in [9.17, 15) is 9.90 Å². The molecule has 5 nitrogen and oxygen atoms in total. The normalized spacial score (nSPS) is 12.0. The largest absolute Gasteiger partial charge is 0.496 e. The first-order valence-corrected chi connectivity index (χ1v) is 7.90. The van der Waals surface area contributed by atoms with Gasteiger partial charge < -0.3 is 14.6 Å². The molecule has 3 aromatic rings. The Labute approximate surface area is 145 Å². The fourth-order valence-electron chi connectivity index (χ4n) is 2.80. The maximum absolute atomic E-state index is 11.2. The van der Waals surface area contributed by atoms with Gasteiger partial charge in [-0.1, -0.05) is 18.2 Å². The van der Waals surface area contributed by atoms with Gasteiger partial charge in [0.05, 0.1) is 36.9 Å². The molecule has 3 rings (SSSR count). The molecular weight excluding hydrogens is 318 g/mol. The maximum atomic E-state index is 11.2. The highest BCUT2D eigenvalue weighted by atomic mass is 16.5. The van der Waals surface area contributed by atoms with Gasteiger partial charge in [0, 0.05) is 5.39 Å². The van der Waals surface area contributed by atoms with Crippen LogP contribution in [0.2, 0.25) is 0 Å². The van der Waals surface area contributed by atoms with E-state index in [2.05, 4.69) is 0 Å². The topological polar surface area (TPSA) is 68.7 Å². The van der Waals surface area contributed by atoms with Crippen molar-refractivity contribution in [3.8, 4) is 22.8 Å². The Kier molecular flexibility index (Phi) is 4.57. The van der Waals surface area contributed by atoms with Crippen LogP contribution in [0.5, 0.6) is 11.5 Å². The van der Waals surface area contributed by atoms with Crippen molar-refractivity contribution in [1.29, 1.82) is 0 Å². The lowest BCUT2D eigenvalue weighted by molar-refractivity contribution is -0.138. The van der Waals surface area contributed by atoms with Crippen molar-refractivity contribution < 1.29 is 19.4 Å². The van der Waals surface area contributed by atoms with Gasteiger partial charge in [0.15, 0.2) is 0 Å². The predicted octanol–water partition coefficient (Wildman–Crippen LogP) is 4.11. The highest BCUT2D eigenvalue weighted by Gasteiger charge is 2.16. The molecular formula is C20H19NO4. The summed E-state index contributed by atoms with van der Waals surface area (Å²) >= 11 is 0. The van der Waals surface area contributed by atoms with Crippen molar-refractivity contribution in [2.24, 2.45) is 0 Å². The van der Waals surface area contributed by atoms with E-state index in [4.69, 9.17) is 14.5 Å². The molecule has 0 spiro atoms. The summed E-state index contributed by atoms with van der Waals surface area (Å²) in [5.74, 6) is -0.0364. The molecule has 0 aliphatic heterocycles. The summed E-state index contributed by atoms with van der Waals surface area (Å²) in [6, 6.07) is 14.9. The molecule has 0 aliphatic rings. The van der Waals surface area contributed by atoms with Crippen LogP contribution in [0.25, 0.3) is 22.2 Å². The van der Waals surface area contributed by atoms with Gasteiger partial charge in [0.1, 0.15) is 11.5 Å². The average Bonchev–Trinajstić information content (AvgIpc) is 2.65. The molecule has 128 valence electrons. The lowest BCUT2D eigenvalue weighted by atomic mass is 9.99. The van der Waals surface area contributed by atoms with Crippen LogP contribution in [0.3, 0.4) is 0 Å². The Morgan fingerprint density at radius 3 is 2.32 bits per heavy atom. The number of fused-ring (bicyclic) bond motifs is 1. The highest BCUT2D eigenvalue weighted by Crippen LogP contribution is 2.37. The lowest BCUT2D eigenvalue weighted by Crippen LogP contribution is -2.07. The number of methoxy groups -OCH3 is 2. The minimum absolute atomic E-state index is 0.557. The van der Waals surface area contributed by atoms with Crippen LogP contribution in [0, 0.1) is 0 Å². The molecule has 0 saturated heterocycles. The Balaban J connectivity index is 2.12. The number of carboxylic acid groups (broad SMARTS) is 1. The fourth-order valence-corrected chi connectivity index (χ4v) is 2.80. The summed E-state index contributed by atoms with van der Waals surface area (Å²) in [5.41, 5.74) is 3.06. The second kappa shape index (κ2) is 6.81. The molecule has 0 aliphatic carbocycles. The van der Waals surface area contributed by atoms with Crippen molar-refractivity contribution in [3.63, 3.8) is 0 Å². The van der Waals surface area contributed by atoms with Crippen LogP contribution in [0.15, 0.2) is 48.5 Å². The molecule has 5 heteroatoms. The van der Waals surface area contributed by atoms with Gasteiger partial charge in [-0.3, -0.25) is 4.79 Å². The van der Waals surface area contributed by atoms with E-state index in [1.54, 1.807) is 27.2 Å². The molecule has 0 radical (unpaired) electrons. The molecule has 1 atom stereocenters. The second-order valence-electron chi connectivity index (χ2n) is 5.75. The van der Waals surface area contributed by atoms with E-state index in [0.29, 0.717) is 11.5 Å². The van der Waals surface area contributed by atoms with Gasteiger partial charge in [-0.05, 0) is 42.8 Å². The van der Waals surface area contributed by atoms with E-state index in [-0.39, 0.29) is 0 Å². The number of hydrogen-bond acceptors (Lipinski definition) is 4. The second-order valence-corrected chi connectivity index (χ2v) is 5.75. The number of carbonyl (C=O) groups is 1. The quantitative estimate of drug-likeness (QED) is 0.759. The maximum Gasteiger partial charge on any atom is 0.310 e. The van der Waals surface area contributed by atoms with Gasteiger partial charge >= 0.3 is 5.97 Å². The van der Waals surface area contributed by atoms with Crippen LogP contribution in [0.1, 0.15) is 18.4 Å². The van der Waals surface area contributed by atoms with E-state index < -0.39 is 11.9 Å². The van der Waals surface area contributed by atoms with Gasteiger partial charge in [0.2, 0.25) is 0 Å². The number of nitrogens with zero attached hydrogens (tertiary/aromatic N) is 1. The first-order valence-electron chi connectivity index (χ1n) is 7.90. The monoisotopic (exact) mass is 337 g/mol. The third-order valence-electron chi connectivity index (χ3n) is 4.27. The number of rotatable bonds is 5. The molecule has 0 bridgehead atoms. The van der Waals surface area contributed by atoms with Crippen molar-refractivity contribution in [3.05, 3.63) is 54.1 Å². The standard InChI is InChI=1S/C20H19NO4/c1-12(20(22)23)13-7-9-15-14(11-13)8-10-16(21-15)19-17(24-2)5-4-6-18(19)25-3/h4-12H,1-3H3,(H,22,23). The summed E-state index contributed by atoms with van der Waals surface area (Å²) < 4.78 is 10.9. The minimum Gasteiger partial charge on any atom is -0.496 e. The smallest absolute Gasteiger partial charge is 0.310 e. The zero-order chi connectivity index (χ0) is 18.0. The first kappa shape index (κ1) is 16.8. The van der Waals surface area contributed by atoms with Crippen molar-refractivity contribution in [1.82, 2.24) is 4.98 Å². The molecule has 1 aromatic heterocycles. The van der Waals surface area contributed by atoms with Gasteiger partial charge in [-0.2, -0.15) is 0 Å². The molecule has 0 saturated carbocycles. The van der Waals surface area contributed by atoms with Gasteiger partial charge in [0.25, 0.3) is 0 Å². The average molecular weight is 337 g/mol. The molecule has 1 unspecified atom stereocenters. The van der Waals surface area contributed by atoms with Gasteiger partial charge in [-0.15, -0.1) is 0 Å². The van der Waals surface area contributed by atoms with E-state index in [0.717, 1.165) is 27.7 Å². The Morgan fingerprint density at radius 1 is 1.04 bits per heavy atom. The molecule has 2 aromatic carbocycles. The fraction of sp³-hybridized carbons (Fsp3) is 0.200. The van der Waals surface area contributed by atoms with Crippen molar-refractivity contribution in [2.75, 3.05) is 14.2 Å². The van der Waals surface area contributed by atoms with E-state index in [1.165, 1.54) is 0 Å². The summed E-state index contributed by atoms with van der Waals surface area (Å²) in [6.45, 7) is 1.67. The predicted molar refractivity (Wildman–Crippen MR) is 96.3 cm³/mol. The Bertz CT molecular complexity index is 914. The SMILES string of the molecule is COc1cccc(OC)c1-c1ccc2cc(C(C)C(=O)O)ccc2n1. The Morgan fingerprint density at radius 2 is 1.72 bits per heavy atom. The summed E-state index contributed by atoms with van der Waals surface area (Å²) in [6.07, 6.45) is 0. The third-order valence-corrected chi connectivity index (χ3v) is 4.27. The summed E-state index contributed by atoms with van der Waals surface area (Å²) in [7, 11) is 3.22. The van der Waals surface area contributed by atoms with Gasteiger partial charge in [-0.25, -0.2) is 4.98 Å². The van der Waals surface area contributed by atoms with Crippen LogP contribution in [-0.4, -0.2) is 30.3 Å². The molecule has 25 heavy (non-hydrogen) atoms. The van der Waals surface area contributed by atoms with Crippen LogP contribution < -0.4 is 9.47 Å². The first-order chi connectivity index (χ1) is 12.0. The zero-order valence-corrected chi connectivity index (χ0v) is 14.3. The number of pyridine rings is 1. The Hall–Kier alpha value is -3.08. The zero-order valence-electron chi connectivity index (χ0n) is 14.3. The van der Waals surface area contributed by atoms with Crippen molar-refractivity contribution in [2.45, 2.75) is 12.8 Å². The number of hydrogen-bond donors (Lipinski definition) is 1. The molecule has 1 N–H and O–H groups in total. The lowest BCUT2D eigenvalue weighted by Gasteiger charge is -2.13. The van der Waals surface area contributed by atoms with E-state index in [1.807, 2.05) is 42.5 Å². The molecule has 1 heterocycles. The highest BCUT2D eigenvalue weighted by molar-refractivity contribution is 5.86. The molecule has 0 amide bonds. The summed E-state index contributed by atoms with van der Waals surface area (Å²) in [5, 5.41) is 10.1. The minimum atomic E-state index is -0.845. The number of ether oxygens (including phenoxy) is 2. The number of carboxylic acids is 1. The number of aromatic nitrogens is 1. The number of aliphatic carboxylic acids is 1. The van der Waals surface area contributed by atoms with Crippen molar-refractivity contribution >= 4 is 16.9 Å². The number of benzene rings is 2. The van der Waals surface area contributed by atoms with Crippen LogP contribution in [0.4, 0.5) is 0 Å². The molecule has 0 fully saturated rings. The summed E-state index contributed by atoms with van der Waals surface area (Å²) in [4.78, 5) is 15.9.